The number of carbonyl (C=O) groups is 1. The van der Waals surface area contributed by atoms with E-state index in [0.29, 0.717) is 25.4 Å². The van der Waals surface area contributed by atoms with Crippen LogP contribution in [-0.4, -0.2) is 43.3 Å². The van der Waals surface area contributed by atoms with E-state index in [9.17, 15) is 4.79 Å². The van der Waals surface area contributed by atoms with Crippen LogP contribution in [-0.2, 0) is 11.2 Å². The summed E-state index contributed by atoms with van der Waals surface area (Å²) in [6, 6.07) is 17.9. The van der Waals surface area contributed by atoms with Crippen LogP contribution in [0.1, 0.15) is 5.56 Å². The summed E-state index contributed by atoms with van der Waals surface area (Å²) in [6.07, 6.45) is 0.844. The van der Waals surface area contributed by atoms with Gasteiger partial charge in [0.2, 0.25) is 5.91 Å². The maximum Gasteiger partial charge on any atom is 0.232 e. The van der Waals surface area contributed by atoms with Crippen molar-refractivity contribution in [2.75, 3.05) is 32.5 Å². The van der Waals surface area contributed by atoms with Gasteiger partial charge in [-0.3, -0.25) is 4.79 Å². The molecule has 0 spiro atoms. The third-order valence-corrected chi connectivity index (χ3v) is 4.65. The molecule has 2 aromatic carbocycles. The zero-order valence-electron chi connectivity index (χ0n) is 14.4. The van der Waals surface area contributed by atoms with Gasteiger partial charge < -0.3 is 15.4 Å². The van der Waals surface area contributed by atoms with Crippen LogP contribution in [0.2, 0.25) is 0 Å². The van der Waals surface area contributed by atoms with Crippen LogP contribution in [0.15, 0.2) is 59.5 Å². The molecule has 2 N–H and O–H groups in total. The molecule has 1 amide bonds. The fourth-order valence-corrected chi connectivity index (χ4v) is 3.20. The number of amides is 1. The van der Waals surface area contributed by atoms with Crippen molar-refractivity contribution in [3.63, 3.8) is 0 Å². The smallest absolute Gasteiger partial charge is 0.232 e. The van der Waals surface area contributed by atoms with Gasteiger partial charge in [0, 0.05) is 24.5 Å². The number of rotatable bonds is 9. The normalized spacial score (nSPS) is 10.0. The summed E-state index contributed by atoms with van der Waals surface area (Å²) in [5.41, 5.74) is 6.89. The first-order valence-electron chi connectivity index (χ1n) is 8.01. The largest absolute Gasteiger partial charge is 0.497 e. The number of methoxy groups -OCH3 is 1. The van der Waals surface area contributed by atoms with E-state index in [1.807, 2.05) is 47.4 Å². The lowest BCUT2D eigenvalue weighted by Gasteiger charge is -2.22. The Labute approximate surface area is 160 Å². The fraction of sp³-hybridized carbons (Fsp3) is 0.316. The van der Waals surface area contributed by atoms with Crippen molar-refractivity contribution >= 4 is 30.1 Å². The van der Waals surface area contributed by atoms with Gasteiger partial charge >= 0.3 is 0 Å². The van der Waals surface area contributed by atoms with Crippen LogP contribution in [0.4, 0.5) is 0 Å². The first-order valence-corrected chi connectivity index (χ1v) is 9.00. The predicted octanol–water partition coefficient (Wildman–Crippen LogP) is 3.24. The minimum absolute atomic E-state index is 0. The van der Waals surface area contributed by atoms with E-state index in [0.717, 1.165) is 17.1 Å². The Morgan fingerprint density at radius 2 is 1.88 bits per heavy atom. The summed E-state index contributed by atoms with van der Waals surface area (Å²) in [4.78, 5) is 15.4. The maximum absolute atomic E-state index is 12.5. The molecule has 0 aliphatic rings. The number of hydrogen-bond acceptors (Lipinski definition) is 4. The van der Waals surface area contributed by atoms with Crippen LogP contribution in [0, 0.1) is 0 Å². The lowest BCUT2D eigenvalue weighted by atomic mass is 10.1. The summed E-state index contributed by atoms with van der Waals surface area (Å²) in [7, 11) is 1.64. The van der Waals surface area contributed by atoms with Gasteiger partial charge in [0.1, 0.15) is 5.75 Å². The average molecular weight is 381 g/mol. The van der Waals surface area contributed by atoms with Crippen LogP contribution in [0.5, 0.6) is 5.75 Å². The molecule has 0 radical (unpaired) electrons. The van der Waals surface area contributed by atoms with E-state index < -0.39 is 0 Å². The number of thioether (sulfide) groups is 1. The molecule has 0 aliphatic heterocycles. The highest BCUT2D eigenvalue weighted by Gasteiger charge is 2.13. The Morgan fingerprint density at radius 3 is 2.56 bits per heavy atom. The summed E-state index contributed by atoms with van der Waals surface area (Å²) >= 11 is 1.52. The van der Waals surface area contributed by atoms with Gasteiger partial charge in [-0.2, -0.15) is 0 Å². The number of hydrogen-bond donors (Lipinski definition) is 1. The second-order valence-corrected chi connectivity index (χ2v) is 6.42. The van der Waals surface area contributed by atoms with Gasteiger partial charge in [-0.1, -0.05) is 36.4 Å². The van der Waals surface area contributed by atoms with E-state index >= 15 is 0 Å². The standard InChI is InChI=1S/C19H24N2O2S.ClH/c1-23-17-8-5-9-18(14-17)24-15-19(22)21(13-11-20)12-10-16-6-3-2-4-7-16;/h2-9,14H,10-13,15,20H2,1H3;1H. The molecule has 0 saturated heterocycles. The summed E-state index contributed by atoms with van der Waals surface area (Å²) in [6.45, 7) is 1.76. The molecule has 0 aliphatic carbocycles. The highest BCUT2D eigenvalue weighted by Crippen LogP contribution is 2.23. The van der Waals surface area contributed by atoms with Crippen LogP contribution in [0.3, 0.4) is 0 Å². The molecule has 136 valence electrons. The summed E-state index contributed by atoms with van der Waals surface area (Å²) in [5, 5.41) is 0. The fourth-order valence-electron chi connectivity index (χ4n) is 2.35. The molecule has 0 saturated carbocycles. The highest BCUT2D eigenvalue weighted by molar-refractivity contribution is 8.00. The number of ether oxygens (including phenoxy) is 1. The van der Waals surface area contributed by atoms with Crippen molar-refractivity contribution in [1.29, 1.82) is 0 Å². The molecule has 0 fully saturated rings. The first kappa shape index (κ1) is 21.4. The topological polar surface area (TPSA) is 55.6 Å². The van der Waals surface area contributed by atoms with Gasteiger partial charge in [-0.05, 0) is 30.2 Å². The van der Waals surface area contributed by atoms with Gasteiger partial charge in [0.15, 0.2) is 0 Å². The molecule has 2 aromatic rings. The van der Waals surface area contributed by atoms with E-state index in [2.05, 4.69) is 12.1 Å². The molecular weight excluding hydrogens is 356 g/mol. The Balaban J connectivity index is 0.00000312. The van der Waals surface area contributed by atoms with Crippen molar-refractivity contribution < 1.29 is 9.53 Å². The van der Waals surface area contributed by atoms with E-state index in [-0.39, 0.29) is 18.3 Å². The first-order chi connectivity index (χ1) is 11.7. The summed E-state index contributed by atoms with van der Waals surface area (Å²) in [5.74, 6) is 1.32. The Morgan fingerprint density at radius 1 is 1.12 bits per heavy atom. The van der Waals surface area contributed by atoms with Gasteiger partial charge in [0.05, 0.1) is 12.9 Å². The molecule has 6 heteroatoms. The monoisotopic (exact) mass is 380 g/mol. The third-order valence-electron chi connectivity index (χ3n) is 3.67. The van der Waals surface area contributed by atoms with Crippen LogP contribution >= 0.6 is 24.2 Å². The minimum atomic E-state index is 0. The molecule has 0 unspecified atom stereocenters. The van der Waals surface area contributed by atoms with Crippen LogP contribution in [0.25, 0.3) is 0 Å². The van der Waals surface area contributed by atoms with Crippen molar-refractivity contribution in [1.82, 2.24) is 4.90 Å². The van der Waals surface area contributed by atoms with E-state index in [1.165, 1.54) is 17.3 Å². The van der Waals surface area contributed by atoms with Crippen molar-refractivity contribution in [2.24, 2.45) is 5.73 Å². The highest BCUT2D eigenvalue weighted by atomic mass is 35.5. The number of benzene rings is 2. The van der Waals surface area contributed by atoms with E-state index in [1.54, 1.807) is 7.11 Å². The molecular formula is C19H25ClN2O2S. The van der Waals surface area contributed by atoms with Gasteiger partial charge in [-0.15, -0.1) is 24.2 Å². The molecule has 0 bridgehead atoms. The average Bonchev–Trinajstić information content (AvgIpc) is 2.64. The minimum Gasteiger partial charge on any atom is -0.497 e. The summed E-state index contributed by atoms with van der Waals surface area (Å²) < 4.78 is 5.21. The molecule has 25 heavy (non-hydrogen) atoms. The second kappa shape index (κ2) is 11.8. The number of nitrogens with two attached hydrogens (primary N) is 1. The number of nitrogens with zero attached hydrogens (tertiary/aromatic N) is 1. The predicted molar refractivity (Wildman–Crippen MR) is 107 cm³/mol. The Hall–Kier alpha value is -1.69. The molecule has 0 aromatic heterocycles. The Kier molecular flexibility index (Phi) is 10.1. The molecule has 2 rings (SSSR count). The van der Waals surface area contributed by atoms with Gasteiger partial charge in [0.25, 0.3) is 0 Å². The van der Waals surface area contributed by atoms with Gasteiger partial charge in [-0.25, -0.2) is 0 Å². The zero-order chi connectivity index (χ0) is 17.2. The molecule has 0 atom stereocenters. The van der Waals surface area contributed by atoms with Crippen molar-refractivity contribution in [3.05, 3.63) is 60.2 Å². The Bertz CT molecular complexity index is 640. The van der Waals surface area contributed by atoms with E-state index in [4.69, 9.17) is 10.5 Å². The SMILES string of the molecule is COc1cccc(SCC(=O)N(CCN)CCc2ccccc2)c1.Cl. The quantitative estimate of drug-likeness (QED) is 0.678. The number of halogens is 1. The number of carbonyl (C=O) groups excluding carboxylic acids is 1. The second-order valence-electron chi connectivity index (χ2n) is 5.37. The maximum atomic E-state index is 12.5. The molecule has 4 nitrogen and oxygen atoms in total. The van der Waals surface area contributed by atoms with Crippen LogP contribution < -0.4 is 10.5 Å². The molecule has 0 heterocycles. The zero-order valence-corrected chi connectivity index (χ0v) is 16.0. The van der Waals surface area contributed by atoms with Crippen molar-refractivity contribution in [3.8, 4) is 5.75 Å². The third kappa shape index (κ3) is 7.38. The lowest BCUT2D eigenvalue weighted by molar-refractivity contribution is -0.128. The van der Waals surface area contributed by atoms with Crippen molar-refractivity contribution in [2.45, 2.75) is 11.3 Å². The lowest BCUT2D eigenvalue weighted by Crippen LogP contribution is -2.38.